The Hall–Kier alpha value is -2.05. The minimum Gasteiger partial charge on any atom is -0.508 e. The Morgan fingerprint density at radius 3 is 2.46 bits per heavy atom. The van der Waals surface area contributed by atoms with Crippen molar-refractivity contribution in [3.05, 3.63) is 59.1 Å². The summed E-state index contributed by atoms with van der Waals surface area (Å²) in [5.74, 6) is -0.492. The highest BCUT2D eigenvalue weighted by Crippen LogP contribution is 2.22. The fourth-order valence-electron chi connectivity index (χ4n) is 2.18. The molecule has 0 spiro atoms. The molecule has 0 saturated carbocycles. The fourth-order valence-corrected chi connectivity index (χ4v) is 3.99. The maximum absolute atomic E-state index is 12.2. The van der Waals surface area contributed by atoms with Crippen molar-refractivity contribution in [3.63, 3.8) is 0 Å². The number of halogens is 1. The summed E-state index contributed by atoms with van der Waals surface area (Å²) in [7, 11) is -3.60. The number of carbonyl (C=O) groups is 1. The van der Waals surface area contributed by atoms with Gasteiger partial charge in [0.1, 0.15) is 5.75 Å². The minimum absolute atomic E-state index is 0.0358. The van der Waals surface area contributed by atoms with E-state index in [9.17, 15) is 18.3 Å². The molecule has 24 heavy (non-hydrogen) atoms. The monoisotopic (exact) mass is 367 g/mol. The van der Waals surface area contributed by atoms with Crippen molar-refractivity contribution in [1.29, 1.82) is 0 Å². The number of rotatable bonds is 7. The van der Waals surface area contributed by atoms with Gasteiger partial charge < -0.3 is 10.4 Å². The Bertz CT molecular complexity index is 821. The molecule has 2 rings (SSSR count). The number of phenolic OH excluding ortho intramolecular Hbond substituents is 1. The number of carbonyl (C=O) groups excluding carboxylic acids is 1. The Balaban J connectivity index is 1.83. The standard InChI is InChI=1S/C17H18ClNO4S/c18-14-6-2-4-8-16(14)24(22,23)12-10-17(21)19-11-9-13-5-1-3-7-15(13)20/h1-8,20H,9-12H2,(H,19,21). The number of amides is 1. The fraction of sp³-hybridized carbons (Fsp3) is 0.235. The zero-order valence-electron chi connectivity index (χ0n) is 12.9. The van der Waals surface area contributed by atoms with Gasteiger partial charge in [-0.15, -0.1) is 0 Å². The van der Waals surface area contributed by atoms with Crippen molar-refractivity contribution in [2.24, 2.45) is 0 Å². The molecular formula is C17H18ClNO4S. The van der Waals surface area contributed by atoms with E-state index in [2.05, 4.69) is 5.32 Å². The second-order valence-electron chi connectivity index (χ2n) is 5.23. The third-order valence-corrected chi connectivity index (χ3v) is 5.69. The molecule has 0 saturated heterocycles. The molecule has 0 atom stereocenters. The summed E-state index contributed by atoms with van der Waals surface area (Å²) < 4.78 is 24.4. The minimum atomic E-state index is -3.60. The number of benzene rings is 2. The molecule has 0 aliphatic heterocycles. The van der Waals surface area contributed by atoms with Crippen LogP contribution >= 0.6 is 11.6 Å². The SMILES string of the molecule is O=C(CCS(=O)(=O)c1ccccc1Cl)NCCc1ccccc1O. The van der Waals surface area contributed by atoms with E-state index in [0.29, 0.717) is 13.0 Å². The van der Waals surface area contributed by atoms with E-state index in [1.807, 2.05) is 0 Å². The van der Waals surface area contributed by atoms with Crippen molar-refractivity contribution in [2.45, 2.75) is 17.7 Å². The molecule has 0 fully saturated rings. The maximum Gasteiger partial charge on any atom is 0.221 e. The molecule has 7 heteroatoms. The van der Waals surface area contributed by atoms with Crippen LogP contribution in [0.3, 0.4) is 0 Å². The zero-order valence-corrected chi connectivity index (χ0v) is 14.5. The van der Waals surface area contributed by atoms with Crippen LogP contribution in [0.25, 0.3) is 0 Å². The number of hydrogen-bond donors (Lipinski definition) is 2. The smallest absolute Gasteiger partial charge is 0.221 e. The molecule has 0 radical (unpaired) electrons. The van der Waals surface area contributed by atoms with Crippen molar-refractivity contribution in [3.8, 4) is 5.75 Å². The van der Waals surface area contributed by atoms with Gasteiger partial charge in [0.2, 0.25) is 5.91 Å². The number of phenols is 1. The number of hydrogen-bond acceptors (Lipinski definition) is 4. The first-order valence-electron chi connectivity index (χ1n) is 7.41. The quantitative estimate of drug-likeness (QED) is 0.787. The van der Waals surface area contributed by atoms with E-state index in [1.54, 1.807) is 36.4 Å². The maximum atomic E-state index is 12.2. The zero-order chi connectivity index (χ0) is 17.6. The van der Waals surface area contributed by atoms with Gasteiger partial charge in [0.05, 0.1) is 15.7 Å². The molecule has 5 nitrogen and oxygen atoms in total. The molecule has 2 aromatic rings. The van der Waals surface area contributed by atoms with Crippen LogP contribution in [0.15, 0.2) is 53.4 Å². The predicted molar refractivity (Wildman–Crippen MR) is 92.9 cm³/mol. The summed E-state index contributed by atoms with van der Waals surface area (Å²) in [5, 5.41) is 12.4. The summed E-state index contributed by atoms with van der Waals surface area (Å²) >= 11 is 5.89. The average molecular weight is 368 g/mol. The van der Waals surface area contributed by atoms with E-state index in [1.165, 1.54) is 12.1 Å². The van der Waals surface area contributed by atoms with Gasteiger partial charge in [-0.05, 0) is 30.2 Å². The van der Waals surface area contributed by atoms with E-state index >= 15 is 0 Å². The molecule has 2 N–H and O–H groups in total. The molecule has 1 amide bonds. The third-order valence-electron chi connectivity index (χ3n) is 3.48. The van der Waals surface area contributed by atoms with E-state index < -0.39 is 9.84 Å². The first-order valence-corrected chi connectivity index (χ1v) is 9.44. The average Bonchev–Trinajstić information content (AvgIpc) is 2.55. The van der Waals surface area contributed by atoms with Crippen LogP contribution in [0, 0.1) is 0 Å². The van der Waals surface area contributed by atoms with Crippen LogP contribution in [0.4, 0.5) is 0 Å². The Morgan fingerprint density at radius 2 is 1.75 bits per heavy atom. The van der Waals surface area contributed by atoms with Gasteiger partial charge in [-0.25, -0.2) is 8.42 Å². The molecule has 128 valence electrons. The summed E-state index contributed by atoms with van der Waals surface area (Å²) in [5.41, 5.74) is 0.724. The highest BCUT2D eigenvalue weighted by molar-refractivity contribution is 7.91. The molecule has 0 unspecified atom stereocenters. The Kier molecular flexibility index (Phi) is 6.23. The second-order valence-corrected chi connectivity index (χ2v) is 7.71. The number of aromatic hydroxyl groups is 1. The van der Waals surface area contributed by atoms with Crippen LogP contribution in [0.2, 0.25) is 5.02 Å². The van der Waals surface area contributed by atoms with Crippen molar-refractivity contribution < 1.29 is 18.3 Å². The van der Waals surface area contributed by atoms with E-state index in [0.717, 1.165) is 5.56 Å². The van der Waals surface area contributed by atoms with Gasteiger partial charge in [-0.3, -0.25) is 4.79 Å². The first kappa shape index (κ1) is 18.3. The lowest BCUT2D eigenvalue weighted by atomic mass is 10.1. The van der Waals surface area contributed by atoms with Crippen LogP contribution in [0.1, 0.15) is 12.0 Å². The molecule has 0 heterocycles. The second kappa shape index (κ2) is 8.17. The lowest BCUT2D eigenvalue weighted by molar-refractivity contribution is -0.120. The third kappa shape index (κ3) is 4.97. The van der Waals surface area contributed by atoms with Crippen molar-refractivity contribution in [2.75, 3.05) is 12.3 Å². The van der Waals surface area contributed by atoms with E-state index in [4.69, 9.17) is 11.6 Å². The number of nitrogens with one attached hydrogen (secondary N) is 1. The van der Waals surface area contributed by atoms with Crippen LogP contribution in [-0.2, 0) is 21.1 Å². The van der Waals surface area contributed by atoms with Gasteiger partial charge in [0.25, 0.3) is 0 Å². The molecule has 2 aromatic carbocycles. The van der Waals surface area contributed by atoms with Crippen molar-refractivity contribution >= 4 is 27.3 Å². The lowest BCUT2D eigenvalue weighted by Crippen LogP contribution is -2.27. The van der Waals surface area contributed by atoms with Crippen LogP contribution in [0.5, 0.6) is 5.75 Å². The van der Waals surface area contributed by atoms with Gasteiger partial charge in [-0.2, -0.15) is 0 Å². The molecule has 0 aliphatic rings. The summed E-state index contributed by atoms with van der Waals surface area (Å²) in [4.78, 5) is 11.8. The van der Waals surface area contributed by atoms with Gasteiger partial charge in [0.15, 0.2) is 9.84 Å². The van der Waals surface area contributed by atoms with Gasteiger partial charge >= 0.3 is 0 Å². The molecule has 0 aliphatic carbocycles. The summed E-state index contributed by atoms with van der Waals surface area (Å²) in [6, 6.07) is 13.0. The Morgan fingerprint density at radius 1 is 1.08 bits per heavy atom. The summed E-state index contributed by atoms with van der Waals surface area (Å²) in [6.45, 7) is 0.322. The van der Waals surface area contributed by atoms with E-state index in [-0.39, 0.29) is 33.7 Å². The van der Waals surface area contributed by atoms with Crippen molar-refractivity contribution in [1.82, 2.24) is 5.32 Å². The van der Waals surface area contributed by atoms with Crippen LogP contribution in [-0.4, -0.2) is 31.7 Å². The molecular weight excluding hydrogens is 350 g/mol. The number of sulfone groups is 1. The topological polar surface area (TPSA) is 83.5 Å². The largest absolute Gasteiger partial charge is 0.508 e. The highest BCUT2D eigenvalue weighted by atomic mass is 35.5. The molecule has 0 aromatic heterocycles. The Labute approximate surface area is 146 Å². The predicted octanol–water partition coefficient (Wildman–Crippen LogP) is 2.57. The highest BCUT2D eigenvalue weighted by Gasteiger charge is 2.19. The first-order chi connectivity index (χ1) is 11.4. The van der Waals surface area contributed by atoms with Gasteiger partial charge in [0, 0.05) is 13.0 Å². The lowest BCUT2D eigenvalue weighted by Gasteiger charge is -2.08. The summed E-state index contributed by atoms with van der Waals surface area (Å²) in [6.07, 6.45) is 0.323. The van der Waals surface area contributed by atoms with Crippen LogP contribution < -0.4 is 5.32 Å². The normalized spacial score (nSPS) is 11.2. The van der Waals surface area contributed by atoms with Gasteiger partial charge in [-0.1, -0.05) is 41.9 Å². The molecule has 0 bridgehead atoms. The number of para-hydroxylation sites is 1.